The maximum Gasteiger partial charge on any atom is 0.240 e. The molecule has 1 aromatic carbocycles. The second-order valence-electron chi connectivity index (χ2n) is 4.90. The van der Waals surface area contributed by atoms with Gasteiger partial charge in [0, 0.05) is 18.3 Å². The van der Waals surface area contributed by atoms with Gasteiger partial charge in [-0.3, -0.25) is 0 Å². The van der Waals surface area contributed by atoms with Gasteiger partial charge < -0.3 is 10.6 Å². The molecule has 0 heterocycles. The monoisotopic (exact) mass is 285 g/mol. The molecule has 0 fully saturated rings. The van der Waals surface area contributed by atoms with E-state index in [4.69, 9.17) is 5.73 Å². The Hall–Kier alpha value is -1.11. The first-order chi connectivity index (χ1) is 8.83. The van der Waals surface area contributed by atoms with E-state index in [2.05, 4.69) is 23.5 Å². The number of sulfonamides is 1. The molecule has 1 aromatic rings. The van der Waals surface area contributed by atoms with Crippen LogP contribution in [0.25, 0.3) is 0 Å². The molecule has 1 rings (SSSR count). The molecule has 0 spiro atoms. The van der Waals surface area contributed by atoms with Crippen LogP contribution in [0.15, 0.2) is 29.2 Å². The molecule has 0 aliphatic rings. The van der Waals surface area contributed by atoms with Gasteiger partial charge in [0.1, 0.15) is 0 Å². The Morgan fingerprint density at radius 3 is 2.63 bits per heavy atom. The van der Waals surface area contributed by atoms with Crippen LogP contribution in [0.3, 0.4) is 0 Å². The van der Waals surface area contributed by atoms with E-state index in [0.29, 0.717) is 18.3 Å². The zero-order valence-electron chi connectivity index (χ0n) is 11.8. The summed E-state index contributed by atoms with van der Waals surface area (Å²) in [6.07, 6.45) is 0.774. The first kappa shape index (κ1) is 15.9. The van der Waals surface area contributed by atoms with Crippen molar-refractivity contribution in [2.75, 3.05) is 25.9 Å². The molecule has 3 N–H and O–H groups in total. The van der Waals surface area contributed by atoms with Gasteiger partial charge in [0.05, 0.1) is 4.90 Å². The van der Waals surface area contributed by atoms with Gasteiger partial charge in [-0.2, -0.15) is 0 Å². The van der Waals surface area contributed by atoms with Crippen LogP contribution in [-0.2, 0) is 10.0 Å². The third-order valence-electron chi connectivity index (χ3n) is 3.03. The second-order valence-corrected chi connectivity index (χ2v) is 6.67. The van der Waals surface area contributed by atoms with Crippen molar-refractivity contribution >= 4 is 15.7 Å². The molecule has 0 aliphatic heterocycles. The van der Waals surface area contributed by atoms with E-state index >= 15 is 0 Å². The number of benzene rings is 1. The van der Waals surface area contributed by atoms with E-state index in [-0.39, 0.29) is 4.90 Å². The molecule has 19 heavy (non-hydrogen) atoms. The van der Waals surface area contributed by atoms with E-state index in [0.717, 1.165) is 13.0 Å². The summed E-state index contributed by atoms with van der Waals surface area (Å²) in [5.74, 6) is 0. The fourth-order valence-corrected chi connectivity index (χ4v) is 2.69. The minimum atomic E-state index is -3.45. The van der Waals surface area contributed by atoms with Crippen LogP contribution in [0, 0.1) is 0 Å². The molecule has 0 amide bonds. The standard InChI is InChI=1S/C13H23N3O2S/c1-11(2)16(3)9-5-8-15-19(17,18)13-7-4-6-12(14)10-13/h4,6-7,10-11,15H,5,8-9,14H2,1-3H3. The van der Waals surface area contributed by atoms with Crippen LogP contribution in [-0.4, -0.2) is 39.5 Å². The van der Waals surface area contributed by atoms with Gasteiger partial charge >= 0.3 is 0 Å². The quantitative estimate of drug-likeness (QED) is 0.584. The average molecular weight is 285 g/mol. The zero-order chi connectivity index (χ0) is 14.5. The van der Waals surface area contributed by atoms with Gasteiger partial charge in [-0.05, 0) is 52.1 Å². The Bertz CT molecular complexity index is 500. The number of rotatable bonds is 7. The summed E-state index contributed by atoms with van der Waals surface area (Å²) in [5.41, 5.74) is 6.03. The number of nitrogens with one attached hydrogen (secondary N) is 1. The van der Waals surface area contributed by atoms with Crippen molar-refractivity contribution in [2.24, 2.45) is 0 Å². The topological polar surface area (TPSA) is 75.4 Å². The van der Waals surface area contributed by atoms with Crippen LogP contribution in [0.4, 0.5) is 5.69 Å². The molecule has 0 saturated carbocycles. The van der Waals surface area contributed by atoms with Gasteiger partial charge in [0.2, 0.25) is 10.0 Å². The highest BCUT2D eigenvalue weighted by Gasteiger charge is 2.13. The molecule has 6 heteroatoms. The van der Waals surface area contributed by atoms with Crippen LogP contribution < -0.4 is 10.5 Å². The summed E-state index contributed by atoms with van der Waals surface area (Å²) in [4.78, 5) is 2.39. The minimum absolute atomic E-state index is 0.213. The van der Waals surface area contributed by atoms with Crippen molar-refractivity contribution in [3.05, 3.63) is 24.3 Å². The summed E-state index contributed by atoms with van der Waals surface area (Å²) in [7, 11) is -1.42. The minimum Gasteiger partial charge on any atom is -0.399 e. The largest absolute Gasteiger partial charge is 0.399 e. The lowest BCUT2D eigenvalue weighted by Crippen LogP contribution is -2.31. The SMILES string of the molecule is CC(C)N(C)CCCNS(=O)(=O)c1cccc(N)c1. The van der Waals surface area contributed by atoms with Crippen LogP contribution in [0.2, 0.25) is 0 Å². The molecule has 0 bridgehead atoms. The van der Waals surface area contributed by atoms with Crippen LogP contribution in [0.5, 0.6) is 0 Å². The predicted molar refractivity (Wildman–Crippen MR) is 78.4 cm³/mol. The Morgan fingerprint density at radius 1 is 1.37 bits per heavy atom. The third kappa shape index (κ3) is 5.18. The Balaban J connectivity index is 2.48. The maximum absolute atomic E-state index is 12.0. The molecule has 0 unspecified atom stereocenters. The predicted octanol–water partition coefficient (Wildman–Crippen LogP) is 1.28. The smallest absolute Gasteiger partial charge is 0.240 e. The van der Waals surface area contributed by atoms with Crippen LogP contribution in [0.1, 0.15) is 20.3 Å². The molecule has 0 aromatic heterocycles. The molecule has 108 valence electrons. The normalized spacial score (nSPS) is 12.3. The average Bonchev–Trinajstić information content (AvgIpc) is 2.34. The highest BCUT2D eigenvalue weighted by Crippen LogP contribution is 2.12. The van der Waals surface area contributed by atoms with E-state index in [9.17, 15) is 8.42 Å². The van der Waals surface area contributed by atoms with Crippen molar-refractivity contribution in [1.29, 1.82) is 0 Å². The van der Waals surface area contributed by atoms with Gasteiger partial charge in [-0.25, -0.2) is 13.1 Å². The lowest BCUT2D eigenvalue weighted by atomic mass is 10.3. The number of hydrogen-bond acceptors (Lipinski definition) is 4. The Morgan fingerprint density at radius 2 is 2.05 bits per heavy atom. The number of nitrogen functional groups attached to an aromatic ring is 1. The van der Waals surface area contributed by atoms with Crippen molar-refractivity contribution in [1.82, 2.24) is 9.62 Å². The fraction of sp³-hybridized carbons (Fsp3) is 0.538. The van der Waals surface area contributed by atoms with E-state index in [1.54, 1.807) is 18.2 Å². The van der Waals surface area contributed by atoms with Crippen LogP contribution >= 0.6 is 0 Å². The molecule has 0 atom stereocenters. The summed E-state index contributed by atoms with van der Waals surface area (Å²) in [6, 6.07) is 6.76. The number of nitrogens with zero attached hydrogens (tertiary/aromatic N) is 1. The molecular formula is C13H23N3O2S. The molecule has 5 nitrogen and oxygen atoms in total. The van der Waals surface area contributed by atoms with Gasteiger partial charge in [0.25, 0.3) is 0 Å². The lowest BCUT2D eigenvalue weighted by molar-refractivity contribution is 0.271. The van der Waals surface area contributed by atoms with E-state index < -0.39 is 10.0 Å². The summed E-state index contributed by atoms with van der Waals surface area (Å²) < 4.78 is 26.6. The highest BCUT2D eigenvalue weighted by atomic mass is 32.2. The van der Waals surface area contributed by atoms with E-state index in [1.807, 2.05) is 7.05 Å². The van der Waals surface area contributed by atoms with Crippen molar-refractivity contribution in [3.8, 4) is 0 Å². The zero-order valence-corrected chi connectivity index (χ0v) is 12.6. The maximum atomic E-state index is 12.0. The molecular weight excluding hydrogens is 262 g/mol. The second kappa shape index (κ2) is 6.88. The first-order valence-corrected chi connectivity index (χ1v) is 7.86. The third-order valence-corrected chi connectivity index (χ3v) is 4.49. The Kier molecular flexibility index (Phi) is 5.78. The molecule has 0 radical (unpaired) electrons. The van der Waals surface area contributed by atoms with Gasteiger partial charge in [-0.15, -0.1) is 0 Å². The summed E-state index contributed by atoms with van der Waals surface area (Å²) in [5, 5.41) is 0. The highest BCUT2D eigenvalue weighted by molar-refractivity contribution is 7.89. The van der Waals surface area contributed by atoms with Crippen molar-refractivity contribution in [3.63, 3.8) is 0 Å². The van der Waals surface area contributed by atoms with Gasteiger partial charge in [0.15, 0.2) is 0 Å². The summed E-state index contributed by atoms with van der Waals surface area (Å²) >= 11 is 0. The number of anilines is 1. The number of nitrogens with two attached hydrogens (primary N) is 1. The molecule has 0 aliphatic carbocycles. The summed E-state index contributed by atoms with van der Waals surface area (Å²) in [6.45, 7) is 5.50. The first-order valence-electron chi connectivity index (χ1n) is 6.38. The van der Waals surface area contributed by atoms with E-state index in [1.165, 1.54) is 6.07 Å². The molecule has 0 saturated heterocycles. The van der Waals surface area contributed by atoms with Crippen molar-refractivity contribution < 1.29 is 8.42 Å². The van der Waals surface area contributed by atoms with Crippen molar-refractivity contribution in [2.45, 2.75) is 31.2 Å². The Labute approximate surface area is 115 Å². The lowest BCUT2D eigenvalue weighted by Gasteiger charge is -2.20. The number of hydrogen-bond donors (Lipinski definition) is 2. The fourth-order valence-electron chi connectivity index (χ4n) is 1.56. The van der Waals surface area contributed by atoms with Gasteiger partial charge in [-0.1, -0.05) is 6.07 Å².